The first kappa shape index (κ1) is 15.4. The molecule has 2 aromatic rings. The number of pyridine rings is 1. The third kappa shape index (κ3) is 2.76. The van der Waals surface area contributed by atoms with Gasteiger partial charge in [0.25, 0.3) is 0 Å². The minimum Gasteiger partial charge on any atom is -0.481 e. The van der Waals surface area contributed by atoms with Crippen LogP contribution in [0.2, 0.25) is 0 Å². The van der Waals surface area contributed by atoms with Gasteiger partial charge in [0, 0.05) is 42.3 Å². The first-order valence-electron chi connectivity index (χ1n) is 7.65. The van der Waals surface area contributed by atoms with Crippen LogP contribution >= 0.6 is 0 Å². The molecule has 6 nitrogen and oxygen atoms in total. The fourth-order valence-corrected chi connectivity index (χ4v) is 2.86. The standard InChI is InChI=1S/C17H20N4O2/c1-11-12(2)19-14(13-5-4-7-18-9-13)20-15(11)21-8-6-17(3,10-21)16(22)23/h4-5,7,9H,6,8,10H2,1-3H3,(H,22,23). The molecular formula is C17H20N4O2. The van der Waals surface area contributed by atoms with E-state index in [4.69, 9.17) is 4.98 Å². The van der Waals surface area contributed by atoms with Crippen molar-refractivity contribution in [2.75, 3.05) is 18.0 Å². The zero-order valence-corrected chi connectivity index (χ0v) is 13.6. The van der Waals surface area contributed by atoms with Crippen LogP contribution in [0.4, 0.5) is 5.82 Å². The summed E-state index contributed by atoms with van der Waals surface area (Å²) in [5.74, 6) is 0.692. The maximum absolute atomic E-state index is 11.5. The van der Waals surface area contributed by atoms with Crippen LogP contribution in [0.3, 0.4) is 0 Å². The van der Waals surface area contributed by atoms with Gasteiger partial charge in [0.05, 0.1) is 5.41 Å². The Morgan fingerprint density at radius 2 is 2.13 bits per heavy atom. The van der Waals surface area contributed by atoms with E-state index < -0.39 is 11.4 Å². The third-order valence-electron chi connectivity index (χ3n) is 4.57. The highest BCUT2D eigenvalue weighted by Crippen LogP contribution is 2.35. The molecular weight excluding hydrogens is 292 g/mol. The Balaban J connectivity index is 2.00. The van der Waals surface area contributed by atoms with Crippen molar-refractivity contribution in [1.82, 2.24) is 15.0 Å². The lowest BCUT2D eigenvalue weighted by atomic mass is 9.90. The number of aliphatic carboxylic acids is 1. The minimum absolute atomic E-state index is 0.464. The molecule has 2 aromatic heterocycles. The highest BCUT2D eigenvalue weighted by molar-refractivity contribution is 5.76. The van der Waals surface area contributed by atoms with E-state index in [0.717, 1.165) is 22.6 Å². The van der Waals surface area contributed by atoms with Crippen LogP contribution in [0.25, 0.3) is 11.4 Å². The monoisotopic (exact) mass is 312 g/mol. The molecule has 0 aromatic carbocycles. The maximum Gasteiger partial charge on any atom is 0.311 e. The summed E-state index contributed by atoms with van der Waals surface area (Å²) < 4.78 is 0. The van der Waals surface area contributed by atoms with Crippen LogP contribution in [-0.2, 0) is 4.79 Å². The molecule has 3 rings (SSSR count). The van der Waals surface area contributed by atoms with Crippen molar-refractivity contribution in [2.24, 2.45) is 5.41 Å². The molecule has 0 spiro atoms. The molecule has 3 heterocycles. The van der Waals surface area contributed by atoms with Crippen molar-refractivity contribution >= 4 is 11.8 Å². The summed E-state index contributed by atoms with van der Waals surface area (Å²) in [6.45, 7) is 6.88. The lowest BCUT2D eigenvalue weighted by Crippen LogP contribution is -2.32. The summed E-state index contributed by atoms with van der Waals surface area (Å²) in [7, 11) is 0. The molecule has 23 heavy (non-hydrogen) atoms. The van der Waals surface area contributed by atoms with Crippen LogP contribution < -0.4 is 4.90 Å². The average Bonchev–Trinajstić information content (AvgIpc) is 2.94. The summed E-state index contributed by atoms with van der Waals surface area (Å²) in [5.41, 5.74) is 2.03. The molecule has 0 amide bonds. The Kier molecular flexibility index (Phi) is 3.75. The first-order chi connectivity index (χ1) is 10.9. The van der Waals surface area contributed by atoms with Gasteiger partial charge >= 0.3 is 5.97 Å². The fourth-order valence-electron chi connectivity index (χ4n) is 2.86. The van der Waals surface area contributed by atoms with Gasteiger partial charge in [-0.3, -0.25) is 9.78 Å². The second kappa shape index (κ2) is 5.61. The molecule has 0 aliphatic carbocycles. The quantitative estimate of drug-likeness (QED) is 0.938. The van der Waals surface area contributed by atoms with Gasteiger partial charge in [-0.1, -0.05) is 0 Å². The molecule has 1 N–H and O–H groups in total. The fraction of sp³-hybridized carbons (Fsp3) is 0.412. The highest BCUT2D eigenvalue weighted by atomic mass is 16.4. The smallest absolute Gasteiger partial charge is 0.311 e. The van der Waals surface area contributed by atoms with Gasteiger partial charge in [-0.15, -0.1) is 0 Å². The van der Waals surface area contributed by atoms with Gasteiger partial charge in [0.1, 0.15) is 5.82 Å². The van der Waals surface area contributed by atoms with Gasteiger partial charge in [0.15, 0.2) is 5.82 Å². The molecule has 1 saturated heterocycles. The Labute approximate surface area is 135 Å². The maximum atomic E-state index is 11.5. The van der Waals surface area contributed by atoms with Gasteiger partial charge in [-0.05, 0) is 39.3 Å². The van der Waals surface area contributed by atoms with E-state index in [1.807, 2.05) is 26.0 Å². The first-order valence-corrected chi connectivity index (χ1v) is 7.65. The third-order valence-corrected chi connectivity index (χ3v) is 4.57. The molecule has 1 fully saturated rings. The number of aryl methyl sites for hydroxylation is 1. The SMILES string of the molecule is Cc1nc(-c2cccnc2)nc(N2CCC(C)(C(=O)O)C2)c1C. The largest absolute Gasteiger partial charge is 0.481 e. The number of carboxylic acids is 1. The number of rotatable bonds is 3. The van der Waals surface area contributed by atoms with Gasteiger partial charge < -0.3 is 10.0 Å². The van der Waals surface area contributed by atoms with Crippen LogP contribution in [0.5, 0.6) is 0 Å². The average molecular weight is 312 g/mol. The molecule has 0 bridgehead atoms. The minimum atomic E-state index is -0.754. The molecule has 1 aliphatic rings. The zero-order valence-electron chi connectivity index (χ0n) is 13.6. The number of hydrogen-bond donors (Lipinski definition) is 1. The number of anilines is 1. The zero-order chi connectivity index (χ0) is 16.6. The number of nitrogens with zero attached hydrogens (tertiary/aromatic N) is 4. The van der Waals surface area contributed by atoms with Crippen molar-refractivity contribution in [3.8, 4) is 11.4 Å². The Morgan fingerprint density at radius 1 is 1.35 bits per heavy atom. The van der Waals surface area contributed by atoms with Crippen LogP contribution in [0.15, 0.2) is 24.5 Å². The summed E-state index contributed by atoms with van der Waals surface area (Å²) in [5, 5.41) is 9.43. The van der Waals surface area contributed by atoms with Crippen molar-refractivity contribution < 1.29 is 9.90 Å². The van der Waals surface area contributed by atoms with Crippen molar-refractivity contribution in [3.05, 3.63) is 35.8 Å². The normalized spacial score (nSPS) is 20.7. The number of carboxylic acid groups (broad SMARTS) is 1. The van der Waals surface area contributed by atoms with E-state index in [0.29, 0.717) is 25.3 Å². The topological polar surface area (TPSA) is 79.2 Å². The summed E-state index contributed by atoms with van der Waals surface area (Å²) >= 11 is 0. The van der Waals surface area contributed by atoms with Crippen LogP contribution in [0, 0.1) is 19.3 Å². The molecule has 1 aliphatic heterocycles. The predicted octanol–water partition coefficient (Wildman–Crippen LogP) is 2.46. The molecule has 0 saturated carbocycles. The Hall–Kier alpha value is -2.50. The van der Waals surface area contributed by atoms with Crippen molar-refractivity contribution in [1.29, 1.82) is 0 Å². The molecule has 1 atom stereocenters. The van der Waals surface area contributed by atoms with E-state index in [1.165, 1.54) is 0 Å². The predicted molar refractivity (Wildman–Crippen MR) is 87.3 cm³/mol. The number of aromatic nitrogens is 3. The molecule has 1 unspecified atom stereocenters. The lowest BCUT2D eigenvalue weighted by Gasteiger charge is -2.23. The van der Waals surface area contributed by atoms with Crippen molar-refractivity contribution in [3.63, 3.8) is 0 Å². The van der Waals surface area contributed by atoms with E-state index in [-0.39, 0.29) is 0 Å². The van der Waals surface area contributed by atoms with E-state index >= 15 is 0 Å². The van der Waals surface area contributed by atoms with Gasteiger partial charge in [0.2, 0.25) is 0 Å². The Bertz CT molecular complexity index is 748. The summed E-state index contributed by atoms with van der Waals surface area (Å²) in [6.07, 6.45) is 4.07. The van der Waals surface area contributed by atoms with Crippen LogP contribution in [-0.4, -0.2) is 39.1 Å². The number of carbonyl (C=O) groups is 1. The molecule has 120 valence electrons. The molecule has 0 radical (unpaired) electrons. The van der Waals surface area contributed by atoms with Gasteiger partial charge in [-0.2, -0.15) is 0 Å². The van der Waals surface area contributed by atoms with E-state index in [2.05, 4.69) is 14.9 Å². The lowest BCUT2D eigenvalue weighted by molar-refractivity contribution is -0.146. The summed E-state index contributed by atoms with van der Waals surface area (Å²) in [6, 6.07) is 3.77. The second-order valence-electron chi connectivity index (χ2n) is 6.36. The van der Waals surface area contributed by atoms with Crippen molar-refractivity contribution in [2.45, 2.75) is 27.2 Å². The number of hydrogen-bond acceptors (Lipinski definition) is 5. The van der Waals surface area contributed by atoms with E-state index in [1.54, 1.807) is 19.3 Å². The van der Waals surface area contributed by atoms with E-state index in [9.17, 15) is 9.90 Å². The highest BCUT2D eigenvalue weighted by Gasteiger charge is 2.41. The Morgan fingerprint density at radius 3 is 2.74 bits per heavy atom. The van der Waals surface area contributed by atoms with Crippen LogP contribution in [0.1, 0.15) is 24.6 Å². The summed E-state index contributed by atoms with van der Waals surface area (Å²) in [4.78, 5) is 26.9. The van der Waals surface area contributed by atoms with Gasteiger partial charge in [-0.25, -0.2) is 9.97 Å². The second-order valence-corrected chi connectivity index (χ2v) is 6.36. The molecule has 6 heteroatoms.